The molecule has 2 aromatic rings. The Morgan fingerprint density at radius 2 is 1.53 bits per heavy atom. The molecule has 2 saturated heterocycles. The van der Waals surface area contributed by atoms with Gasteiger partial charge in [-0.2, -0.15) is 0 Å². The van der Waals surface area contributed by atoms with E-state index in [1.165, 1.54) is 0 Å². The lowest BCUT2D eigenvalue weighted by Crippen LogP contribution is -2.47. The van der Waals surface area contributed by atoms with Crippen LogP contribution in [0, 0.1) is 5.92 Å². The Kier molecular flexibility index (Phi) is 6.61. The van der Waals surface area contributed by atoms with Gasteiger partial charge in [-0.25, -0.2) is 0 Å². The molecule has 0 radical (unpaired) electrons. The number of likely N-dealkylation sites (tertiary alicyclic amines) is 1. The van der Waals surface area contributed by atoms with Crippen molar-refractivity contribution in [3.05, 3.63) is 48.0 Å². The molecule has 2 aromatic carbocycles. The molecule has 7 nitrogen and oxygen atoms in total. The molecule has 0 aromatic heterocycles. The molecular weight excluding hydrogens is 428 g/mol. The van der Waals surface area contributed by atoms with Crippen LogP contribution >= 0.6 is 0 Å². The van der Waals surface area contributed by atoms with E-state index >= 15 is 0 Å². The van der Waals surface area contributed by atoms with Crippen molar-refractivity contribution in [2.75, 3.05) is 61.5 Å². The Morgan fingerprint density at radius 1 is 0.853 bits per heavy atom. The van der Waals surface area contributed by atoms with Gasteiger partial charge >= 0.3 is 0 Å². The highest BCUT2D eigenvalue weighted by molar-refractivity contribution is 6.02. The predicted octanol–water partition coefficient (Wildman–Crippen LogP) is 4.00. The standard InChI is InChI=1S/C27H34N4O3/c1-34-25-10-3-2-9-24(25)30-17-15-29(16-18-30)23-12-11-21(28-26(32)20-7-6-8-20)19-22(23)27(33)31-13-4-5-14-31/h2-3,9-12,19-20H,4-8,13-18H2,1H3,(H,28,32). The number of rotatable bonds is 6. The van der Waals surface area contributed by atoms with Gasteiger partial charge in [-0.1, -0.05) is 18.6 Å². The van der Waals surface area contributed by atoms with Crippen molar-refractivity contribution < 1.29 is 14.3 Å². The maximum atomic E-state index is 13.5. The van der Waals surface area contributed by atoms with Crippen LogP contribution in [0.25, 0.3) is 0 Å². The Hall–Kier alpha value is -3.22. The maximum Gasteiger partial charge on any atom is 0.256 e. The van der Waals surface area contributed by atoms with Crippen LogP contribution in [-0.4, -0.2) is 63.1 Å². The van der Waals surface area contributed by atoms with Gasteiger partial charge in [-0.05, 0) is 56.0 Å². The van der Waals surface area contributed by atoms with Crippen LogP contribution in [0.2, 0.25) is 0 Å². The number of hydrogen-bond donors (Lipinski definition) is 1. The zero-order valence-electron chi connectivity index (χ0n) is 20.0. The molecule has 1 saturated carbocycles. The molecule has 2 aliphatic heterocycles. The van der Waals surface area contributed by atoms with Crippen LogP contribution in [0.3, 0.4) is 0 Å². The topological polar surface area (TPSA) is 65.1 Å². The van der Waals surface area contributed by atoms with Crippen molar-refractivity contribution in [2.24, 2.45) is 5.92 Å². The van der Waals surface area contributed by atoms with Gasteiger partial charge in [0.05, 0.1) is 18.4 Å². The van der Waals surface area contributed by atoms with Crippen molar-refractivity contribution in [3.63, 3.8) is 0 Å². The Morgan fingerprint density at radius 3 is 2.18 bits per heavy atom. The van der Waals surface area contributed by atoms with Gasteiger partial charge in [0.2, 0.25) is 5.91 Å². The van der Waals surface area contributed by atoms with Gasteiger partial charge in [0.15, 0.2) is 0 Å². The number of nitrogens with zero attached hydrogens (tertiary/aromatic N) is 3. The Bertz CT molecular complexity index is 1040. The average Bonchev–Trinajstić information content (AvgIpc) is 3.38. The Labute approximate surface area is 201 Å². The lowest BCUT2D eigenvalue weighted by molar-refractivity contribution is -0.122. The SMILES string of the molecule is COc1ccccc1N1CCN(c2ccc(NC(=O)C3CCC3)cc2C(=O)N2CCCC2)CC1. The second-order valence-electron chi connectivity index (χ2n) is 9.49. The van der Waals surface area contributed by atoms with Crippen molar-refractivity contribution in [1.82, 2.24) is 4.90 Å². The average molecular weight is 463 g/mol. The number of hydrogen-bond acceptors (Lipinski definition) is 5. The predicted molar refractivity (Wildman–Crippen MR) is 135 cm³/mol. The maximum absolute atomic E-state index is 13.5. The Balaban J connectivity index is 1.35. The van der Waals surface area contributed by atoms with E-state index in [1.54, 1.807) is 7.11 Å². The molecule has 3 aliphatic rings. The van der Waals surface area contributed by atoms with Crippen LogP contribution in [0.4, 0.5) is 17.1 Å². The van der Waals surface area contributed by atoms with Crippen LogP contribution in [0.5, 0.6) is 5.75 Å². The number of carbonyl (C=O) groups is 2. The zero-order chi connectivity index (χ0) is 23.5. The fourth-order valence-corrected chi connectivity index (χ4v) is 5.15. The van der Waals surface area contributed by atoms with Crippen LogP contribution < -0.4 is 19.9 Å². The third-order valence-corrected chi connectivity index (χ3v) is 7.41. The minimum absolute atomic E-state index is 0.0689. The van der Waals surface area contributed by atoms with Crippen molar-refractivity contribution in [3.8, 4) is 5.75 Å². The van der Waals surface area contributed by atoms with Gasteiger partial charge in [-0.3, -0.25) is 9.59 Å². The number of anilines is 3. The molecule has 34 heavy (non-hydrogen) atoms. The van der Waals surface area contributed by atoms with Gasteiger partial charge in [0.1, 0.15) is 5.75 Å². The van der Waals surface area contributed by atoms with E-state index in [-0.39, 0.29) is 17.7 Å². The number of ether oxygens (including phenoxy) is 1. The molecule has 0 bridgehead atoms. The van der Waals surface area contributed by atoms with Crippen molar-refractivity contribution in [2.45, 2.75) is 32.1 Å². The molecule has 1 aliphatic carbocycles. The minimum Gasteiger partial charge on any atom is -0.495 e. The number of amides is 2. The van der Waals surface area contributed by atoms with Gasteiger partial charge in [-0.15, -0.1) is 0 Å². The first kappa shape index (κ1) is 22.6. The summed E-state index contributed by atoms with van der Waals surface area (Å²) in [7, 11) is 1.70. The van der Waals surface area contributed by atoms with Crippen LogP contribution in [-0.2, 0) is 4.79 Å². The number of benzene rings is 2. The molecule has 1 N–H and O–H groups in total. The van der Waals surface area contributed by atoms with E-state index in [0.29, 0.717) is 5.56 Å². The highest BCUT2D eigenvalue weighted by atomic mass is 16.5. The highest BCUT2D eigenvalue weighted by Gasteiger charge is 2.28. The number of carbonyl (C=O) groups excluding carboxylic acids is 2. The second kappa shape index (κ2) is 9.95. The second-order valence-corrected chi connectivity index (χ2v) is 9.49. The first-order chi connectivity index (χ1) is 16.6. The van der Waals surface area contributed by atoms with Gasteiger partial charge in [0.25, 0.3) is 5.91 Å². The molecule has 180 valence electrons. The van der Waals surface area contributed by atoms with Gasteiger partial charge < -0.3 is 24.8 Å². The molecule has 3 fully saturated rings. The monoisotopic (exact) mass is 462 g/mol. The van der Waals surface area contributed by atoms with E-state index in [0.717, 1.165) is 94.2 Å². The van der Waals surface area contributed by atoms with Crippen molar-refractivity contribution in [1.29, 1.82) is 0 Å². The van der Waals surface area contributed by atoms with E-state index < -0.39 is 0 Å². The summed E-state index contributed by atoms with van der Waals surface area (Å²) in [5.41, 5.74) is 3.47. The highest BCUT2D eigenvalue weighted by Crippen LogP contribution is 2.33. The first-order valence-electron chi connectivity index (χ1n) is 12.5. The number of piperazine rings is 1. The summed E-state index contributed by atoms with van der Waals surface area (Å²) in [5.74, 6) is 1.14. The zero-order valence-corrected chi connectivity index (χ0v) is 20.0. The van der Waals surface area contributed by atoms with Crippen molar-refractivity contribution >= 4 is 28.9 Å². The summed E-state index contributed by atoms with van der Waals surface area (Å²) in [6.07, 6.45) is 5.14. The fourth-order valence-electron chi connectivity index (χ4n) is 5.15. The molecule has 0 unspecified atom stereocenters. The molecule has 2 heterocycles. The summed E-state index contributed by atoms with van der Waals surface area (Å²) in [5, 5.41) is 3.05. The molecular formula is C27H34N4O3. The molecule has 0 atom stereocenters. The summed E-state index contributed by atoms with van der Waals surface area (Å²) < 4.78 is 5.55. The van der Waals surface area contributed by atoms with E-state index in [2.05, 4.69) is 21.2 Å². The third-order valence-electron chi connectivity index (χ3n) is 7.41. The lowest BCUT2D eigenvalue weighted by Gasteiger charge is -2.38. The van der Waals surface area contributed by atoms with E-state index in [4.69, 9.17) is 4.74 Å². The summed E-state index contributed by atoms with van der Waals surface area (Å²) in [6.45, 7) is 4.92. The molecule has 2 amide bonds. The molecule has 0 spiro atoms. The minimum atomic E-state index is 0.0689. The first-order valence-corrected chi connectivity index (χ1v) is 12.5. The van der Waals surface area contributed by atoms with Crippen LogP contribution in [0.1, 0.15) is 42.5 Å². The fraction of sp³-hybridized carbons (Fsp3) is 0.481. The lowest BCUT2D eigenvalue weighted by atomic mass is 9.85. The largest absolute Gasteiger partial charge is 0.495 e. The third kappa shape index (κ3) is 4.56. The summed E-state index contributed by atoms with van der Waals surface area (Å²) in [6, 6.07) is 14.0. The quantitative estimate of drug-likeness (QED) is 0.703. The van der Waals surface area contributed by atoms with E-state index in [1.807, 2.05) is 41.3 Å². The summed E-state index contributed by atoms with van der Waals surface area (Å²) >= 11 is 0. The van der Waals surface area contributed by atoms with Gasteiger partial charge in [0, 0.05) is 56.6 Å². The normalized spacial score (nSPS) is 18.6. The summed E-state index contributed by atoms with van der Waals surface area (Å²) in [4.78, 5) is 32.6. The molecule has 5 rings (SSSR count). The molecule has 7 heteroatoms. The van der Waals surface area contributed by atoms with Crippen LogP contribution in [0.15, 0.2) is 42.5 Å². The number of methoxy groups -OCH3 is 1. The smallest absolute Gasteiger partial charge is 0.256 e. The van der Waals surface area contributed by atoms with E-state index in [9.17, 15) is 9.59 Å². The number of para-hydroxylation sites is 2. The number of nitrogens with one attached hydrogen (secondary N) is 1.